The van der Waals surface area contributed by atoms with Gasteiger partial charge in [0.25, 0.3) is 11.5 Å². The van der Waals surface area contributed by atoms with Gasteiger partial charge in [0.05, 0.1) is 0 Å². The maximum absolute atomic E-state index is 12.6. The number of benzene rings is 1. The number of anilines is 1. The number of amides is 1. The first-order valence-corrected chi connectivity index (χ1v) is 4.91. The number of hydrogen-bond donors (Lipinski definition) is 2. The summed E-state index contributed by atoms with van der Waals surface area (Å²) in [6, 6.07) is 8.27. The maximum Gasteiger partial charge on any atom is 0.261 e. The second kappa shape index (κ2) is 5.97. The van der Waals surface area contributed by atoms with E-state index in [1.54, 1.807) is 6.07 Å². The van der Waals surface area contributed by atoms with Crippen LogP contribution in [0.3, 0.4) is 0 Å². The third-order valence-corrected chi connectivity index (χ3v) is 2.16. The van der Waals surface area contributed by atoms with Gasteiger partial charge in [-0.05, 0) is 36.4 Å². The van der Waals surface area contributed by atoms with Gasteiger partial charge < -0.3 is 10.3 Å². The molecule has 0 saturated carbocycles. The Morgan fingerprint density at radius 2 is 1.83 bits per heavy atom. The average molecular weight is 269 g/mol. The summed E-state index contributed by atoms with van der Waals surface area (Å²) in [5.41, 5.74) is -0.0245. The number of aromatic amines is 1. The van der Waals surface area contributed by atoms with Gasteiger partial charge >= 0.3 is 0 Å². The molecule has 2 N–H and O–H groups in total. The summed E-state index contributed by atoms with van der Waals surface area (Å²) in [6.07, 6.45) is 1.44. The Hall–Kier alpha value is -2.14. The third kappa shape index (κ3) is 3.18. The van der Waals surface area contributed by atoms with E-state index in [9.17, 15) is 14.0 Å². The highest BCUT2D eigenvalue weighted by Crippen LogP contribution is 2.09. The zero-order chi connectivity index (χ0) is 12.3. The zero-order valence-corrected chi connectivity index (χ0v) is 9.96. The van der Waals surface area contributed by atoms with Crippen LogP contribution in [0.1, 0.15) is 10.4 Å². The van der Waals surface area contributed by atoms with Crippen LogP contribution in [-0.2, 0) is 0 Å². The average Bonchev–Trinajstić information content (AvgIpc) is 2.32. The summed E-state index contributed by atoms with van der Waals surface area (Å²) in [7, 11) is 0. The number of rotatable bonds is 2. The van der Waals surface area contributed by atoms with E-state index in [1.165, 1.54) is 36.5 Å². The van der Waals surface area contributed by atoms with Gasteiger partial charge in [0.1, 0.15) is 11.4 Å². The fourth-order valence-electron chi connectivity index (χ4n) is 1.33. The van der Waals surface area contributed by atoms with Crippen molar-refractivity contribution in [3.8, 4) is 0 Å². The second-order valence-corrected chi connectivity index (χ2v) is 3.37. The van der Waals surface area contributed by atoms with Crippen molar-refractivity contribution in [2.24, 2.45) is 0 Å². The first kappa shape index (κ1) is 13.9. The minimum Gasteiger partial charge on any atom is -0.328 e. The van der Waals surface area contributed by atoms with E-state index < -0.39 is 11.5 Å². The Morgan fingerprint density at radius 3 is 2.44 bits per heavy atom. The number of nitrogens with one attached hydrogen (secondary N) is 2. The van der Waals surface area contributed by atoms with Crippen LogP contribution in [0, 0.1) is 5.82 Å². The zero-order valence-electron chi connectivity index (χ0n) is 9.14. The predicted molar refractivity (Wildman–Crippen MR) is 68.7 cm³/mol. The van der Waals surface area contributed by atoms with Crippen LogP contribution in [0.2, 0.25) is 0 Å². The minimum atomic E-state index is -0.529. The molecule has 1 amide bonds. The van der Waals surface area contributed by atoms with E-state index in [0.29, 0.717) is 5.69 Å². The van der Waals surface area contributed by atoms with Crippen molar-refractivity contribution in [3.63, 3.8) is 0 Å². The number of aromatic nitrogens is 1. The Morgan fingerprint density at radius 1 is 1.17 bits per heavy atom. The van der Waals surface area contributed by atoms with Crippen molar-refractivity contribution in [3.05, 3.63) is 64.3 Å². The first-order valence-electron chi connectivity index (χ1n) is 4.91. The van der Waals surface area contributed by atoms with Crippen molar-refractivity contribution in [2.75, 3.05) is 5.32 Å². The molecule has 0 radical (unpaired) electrons. The van der Waals surface area contributed by atoms with Crippen molar-refractivity contribution in [1.29, 1.82) is 0 Å². The molecule has 2 rings (SSSR count). The molecule has 0 spiro atoms. The number of halogens is 2. The highest BCUT2D eigenvalue weighted by atomic mass is 35.5. The summed E-state index contributed by atoms with van der Waals surface area (Å²) < 4.78 is 12.6. The van der Waals surface area contributed by atoms with Gasteiger partial charge in [0, 0.05) is 11.9 Å². The molecule has 0 aliphatic heterocycles. The molecule has 1 aromatic carbocycles. The number of H-pyrrole nitrogens is 1. The number of carbonyl (C=O) groups is 1. The van der Waals surface area contributed by atoms with Gasteiger partial charge in [-0.2, -0.15) is 0 Å². The van der Waals surface area contributed by atoms with Crippen LogP contribution in [0.25, 0.3) is 0 Å². The molecule has 1 heterocycles. The van der Waals surface area contributed by atoms with E-state index >= 15 is 0 Å². The van der Waals surface area contributed by atoms with Crippen LogP contribution in [0.4, 0.5) is 10.1 Å². The molecule has 1 aromatic heterocycles. The quantitative estimate of drug-likeness (QED) is 0.877. The van der Waals surface area contributed by atoms with Crippen molar-refractivity contribution in [2.45, 2.75) is 0 Å². The lowest BCUT2D eigenvalue weighted by atomic mass is 10.2. The van der Waals surface area contributed by atoms with Gasteiger partial charge in [0.15, 0.2) is 0 Å². The first-order chi connectivity index (χ1) is 8.16. The molecule has 0 fully saturated rings. The summed E-state index contributed by atoms with van der Waals surface area (Å²) >= 11 is 0. The summed E-state index contributed by atoms with van der Waals surface area (Å²) in [6.45, 7) is 0. The van der Waals surface area contributed by atoms with Crippen LogP contribution in [0.15, 0.2) is 47.4 Å². The van der Waals surface area contributed by atoms with Crippen molar-refractivity contribution < 1.29 is 9.18 Å². The Bertz CT molecular complexity index is 596. The topological polar surface area (TPSA) is 62.0 Å². The highest BCUT2D eigenvalue weighted by molar-refractivity contribution is 6.03. The van der Waals surface area contributed by atoms with Gasteiger partial charge in [0.2, 0.25) is 0 Å². The number of hydrogen-bond acceptors (Lipinski definition) is 2. The standard InChI is InChI=1S/C12H9FN2O2.ClH/c13-8-3-5-9(6-4-8)15-12(17)10-2-1-7-14-11(10)16;/h1-7H,(H,14,16)(H,15,17);1H. The van der Waals surface area contributed by atoms with Crippen molar-refractivity contribution in [1.82, 2.24) is 4.98 Å². The van der Waals surface area contributed by atoms with E-state index in [4.69, 9.17) is 0 Å². The molecule has 0 saturated heterocycles. The Labute approximate surface area is 108 Å². The molecule has 6 heteroatoms. The van der Waals surface area contributed by atoms with E-state index in [1.807, 2.05) is 0 Å². The predicted octanol–water partition coefficient (Wildman–Crippen LogP) is 2.19. The molecule has 0 atom stereocenters. The molecular formula is C12H10ClFN2O2. The number of pyridine rings is 1. The minimum absolute atomic E-state index is 0. The SMILES string of the molecule is Cl.O=C(Nc1ccc(F)cc1)c1ccc[nH]c1=O. The van der Waals surface area contributed by atoms with Crippen LogP contribution < -0.4 is 10.9 Å². The van der Waals surface area contributed by atoms with Crippen molar-refractivity contribution >= 4 is 24.0 Å². The van der Waals surface area contributed by atoms with Gasteiger partial charge in [-0.15, -0.1) is 12.4 Å². The Kier molecular flexibility index (Phi) is 4.62. The fourth-order valence-corrected chi connectivity index (χ4v) is 1.33. The lowest BCUT2D eigenvalue weighted by molar-refractivity contribution is 0.102. The van der Waals surface area contributed by atoms with E-state index in [-0.39, 0.29) is 23.8 Å². The van der Waals surface area contributed by atoms with Gasteiger partial charge in [-0.25, -0.2) is 4.39 Å². The van der Waals surface area contributed by atoms with Gasteiger partial charge in [-0.3, -0.25) is 9.59 Å². The maximum atomic E-state index is 12.6. The van der Waals surface area contributed by atoms with E-state index in [2.05, 4.69) is 10.3 Å². The lowest BCUT2D eigenvalue weighted by Crippen LogP contribution is -2.22. The monoisotopic (exact) mass is 268 g/mol. The van der Waals surface area contributed by atoms with E-state index in [0.717, 1.165) is 0 Å². The number of carbonyl (C=O) groups excluding carboxylic acids is 1. The smallest absolute Gasteiger partial charge is 0.261 e. The highest BCUT2D eigenvalue weighted by Gasteiger charge is 2.09. The lowest BCUT2D eigenvalue weighted by Gasteiger charge is -2.03. The Balaban J connectivity index is 0.00000162. The molecule has 0 unspecified atom stereocenters. The molecule has 2 aromatic rings. The fraction of sp³-hybridized carbons (Fsp3) is 0. The molecule has 94 valence electrons. The normalized spacial score (nSPS) is 9.39. The molecule has 4 nitrogen and oxygen atoms in total. The van der Waals surface area contributed by atoms with Crippen LogP contribution >= 0.6 is 12.4 Å². The molecular weight excluding hydrogens is 259 g/mol. The largest absolute Gasteiger partial charge is 0.328 e. The van der Waals surface area contributed by atoms with Crippen LogP contribution in [0.5, 0.6) is 0 Å². The molecule has 18 heavy (non-hydrogen) atoms. The van der Waals surface area contributed by atoms with Crippen LogP contribution in [-0.4, -0.2) is 10.9 Å². The molecule has 0 aliphatic carbocycles. The summed E-state index contributed by atoms with van der Waals surface area (Å²) in [5, 5.41) is 2.50. The van der Waals surface area contributed by atoms with Gasteiger partial charge in [-0.1, -0.05) is 0 Å². The summed E-state index contributed by atoms with van der Waals surface area (Å²) in [5.74, 6) is -0.918. The molecule has 0 bridgehead atoms. The molecule has 0 aliphatic rings. The summed E-state index contributed by atoms with van der Waals surface area (Å²) in [4.78, 5) is 25.4. The second-order valence-electron chi connectivity index (χ2n) is 3.37. The third-order valence-electron chi connectivity index (χ3n) is 2.16.